The highest BCUT2D eigenvalue weighted by atomic mass is 16.5. The third kappa shape index (κ3) is 4.53. The molecular formula is C18H29N3O. The van der Waals surface area contributed by atoms with Crippen molar-refractivity contribution >= 4 is 0 Å². The molecule has 122 valence electrons. The molecule has 1 N–H and O–H groups in total. The Morgan fingerprint density at radius 1 is 1.09 bits per heavy atom. The smallest absolute Gasteiger partial charge is 0.0480 e. The maximum absolute atomic E-state index is 5.49. The van der Waals surface area contributed by atoms with Crippen LogP contribution in [-0.2, 0) is 4.74 Å². The first-order valence-corrected chi connectivity index (χ1v) is 8.61. The van der Waals surface area contributed by atoms with Gasteiger partial charge in [-0.05, 0) is 25.5 Å². The Morgan fingerprint density at radius 2 is 1.77 bits per heavy atom. The molecule has 0 aromatic heterocycles. The molecule has 4 heteroatoms. The zero-order chi connectivity index (χ0) is 15.2. The summed E-state index contributed by atoms with van der Waals surface area (Å²) in [5.74, 6) is 0. The van der Waals surface area contributed by atoms with Crippen molar-refractivity contribution in [3.63, 3.8) is 0 Å². The minimum atomic E-state index is 0.424. The molecule has 1 aromatic rings. The predicted molar refractivity (Wildman–Crippen MR) is 90.1 cm³/mol. The first-order valence-electron chi connectivity index (χ1n) is 8.61. The van der Waals surface area contributed by atoms with Crippen molar-refractivity contribution in [2.45, 2.75) is 24.9 Å². The molecular weight excluding hydrogens is 274 g/mol. The predicted octanol–water partition coefficient (Wildman–Crippen LogP) is 1.74. The summed E-state index contributed by atoms with van der Waals surface area (Å²) in [6.07, 6.45) is 2.26. The largest absolute Gasteiger partial charge is 0.381 e. The molecule has 1 aromatic carbocycles. The Hall–Kier alpha value is -0.940. The van der Waals surface area contributed by atoms with Gasteiger partial charge >= 0.3 is 0 Å². The average molecular weight is 303 g/mol. The lowest BCUT2D eigenvalue weighted by atomic mass is 10.0. The molecule has 2 fully saturated rings. The van der Waals surface area contributed by atoms with Crippen molar-refractivity contribution < 1.29 is 4.74 Å². The molecule has 0 radical (unpaired) electrons. The molecule has 4 nitrogen and oxygen atoms in total. The van der Waals surface area contributed by atoms with E-state index in [0.29, 0.717) is 12.1 Å². The van der Waals surface area contributed by atoms with E-state index in [-0.39, 0.29) is 0 Å². The minimum Gasteiger partial charge on any atom is -0.381 e. The summed E-state index contributed by atoms with van der Waals surface area (Å²) < 4.78 is 5.49. The van der Waals surface area contributed by atoms with Crippen LogP contribution in [0.25, 0.3) is 0 Å². The fourth-order valence-corrected chi connectivity index (χ4v) is 3.38. The molecule has 2 aliphatic rings. The van der Waals surface area contributed by atoms with Gasteiger partial charge in [0.25, 0.3) is 0 Å². The lowest BCUT2D eigenvalue weighted by Gasteiger charge is -2.36. The Morgan fingerprint density at radius 3 is 2.45 bits per heavy atom. The average Bonchev–Trinajstić information content (AvgIpc) is 2.58. The van der Waals surface area contributed by atoms with E-state index in [1.807, 2.05) is 0 Å². The molecule has 1 atom stereocenters. The van der Waals surface area contributed by atoms with E-state index < -0.39 is 0 Å². The van der Waals surface area contributed by atoms with Gasteiger partial charge in [-0.25, -0.2) is 0 Å². The Kier molecular flexibility index (Phi) is 5.84. The lowest BCUT2D eigenvalue weighted by molar-refractivity contribution is 0.0707. The normalized spacial score (nSPS) is 23.5. The van der Waals surface area contributed by atoms with E-state index >= 15 is 0 Å². The molecule has 0 aliphatic carbocycles. The summed E-state index contributed by atoms with van der Waals surface area (Å²) in [6, 6.07) is 11.9. The van der Waals surface area contributed by atoms with Gasteiger partial charge in [-0.1, -0.05) is 30.3 Å². The summed E-state index contributed by atoms with van der Waals surface area (Å²) in [6.45, 7) is 7.61. The van der Waals surface area contributed by atoms with Gasteiger partial charge in [0, 0.05) is 58.0 Å². The summed E-state index contributed by atoms with van der Waals surface area (Å²) in [5.41, 5.74) is 1.41. The number of hydrogen-bond donors (Lipinski definition) is 1. The summed E-state index contributed by atoms with van der Waals surface area (Å²) >= 11 is 0. The van der Waals surface area contributed by atoms with Gasteiger partial charge in [-0.3, -0.25) is 4.90 Å². The third-order valence-corrected chi connectivity index (χ3v) is 4.90. The van der Waals surface area contributed by atoms with E-state index in [0.717, 1.165) is 32.6 Å². The van der Waals surface area contributed by atoms with Gasteiger partial charge in [-0.2, -0.15) is 0 Å². The number of benzene rings is 1. The van der Waals surface area contributed by atoms with Crippen LogP contribution in [0.1, 0.15) is 24.4 Å². The molecule has 2 aliphatic heterocycles. The van der Waals surface area contributed by atoms with E-state index in [2.05, 4.69) is 52.5 Å². The highest BCUT2D eigenvalue weighted by Crippen LogP contribution is 2.19. The monoisotopic (exact) mass is 303 g/mol. The van der Waals surface area contributed by atoms with Crippen molar-refractivity contribution in [1.29, 1.82) is 0 Å². The number of rotatable bonds is 5. The summed E-state index contributed by atoms with van der Waals surface area (Å²) in [4.78, 5) is 5.02. The molecule has 0 bridgehead atoms. The quantitative estimate of drug-likeness (QED) is 0.897. The number of likely N-dealkylation sites (N-methyl/N-ethyl adjacent to an activating group) is 1. The van der Waals surface area contributed by atoms with Gasteiger partial charge in [0.05, 0.1) is 0 Å². The van der Waals surface area contributed by atoms with Gasteiger partial charge < -0.3 is 15.0 Å². The molecule has 2 heterocycles. The summed E-state index contributed by atoms with van der Waals surface area (Å²) in [7, 11) is 2.21. The standard InChI is InChI=1S/C18H29N3O/c1-20-9-11-21(12-10-20)15-18(16-5-3-2-4-6-16)19-17-7-13-22-14-8-17/h2-6,17-19H,7-15H2,1H3. The Bertz CT molecular complexity index is 425. The van der Waals surface area contributed by atoms with Crippen LogP contribution in [0, 0.1) is 0 Å². The zero-order valence-electron chi connectivity index (χ0n) is 13.7. The summed E-state index contributed by atoms with van der Waals surface area (Å²) in [5, 5.41) is 3.90. The maximum Gasteiger partial charge on any atom is 0.0480 e. The number of nitrogens with zero attached hydrogens (tertiary/aromatic N) is 2. The maximum atomic E-state index is 5.49. The zero-order valence-corrected chi connectivity index (χ0v) is 13.7. The van der Waals surface area contributed by atoms with E-state index in [1.165, 1.54) is 31.7 Å². The van der Waals surface area contributed by atoms with Crippen LogP contribution in [0.5, 0.6) is 0 Å². The Labute approximate surface area is 134 Å². The van der Waals surface area contributed by atoms with Crippen molar-refractivity contribution in [3.05, 3.63) is 35.9 Å². The molecule has 22 heavy (non-hydrogen) atoms. The second-order valence-corrected chi connectivity index (χ2v) is 6.62. The number of ether oxygens (including phenoxy) is 1. The first-order chi connectivity index (χ1) is 10.8. The van der Waals surface area contributed by atoms with Crippen LogP contribution in [0.4, 0.5) is 0 Å². The van der Waals surface area contributed by atoms with Crippen LogP contribution in [0.15, 0.2) is 30.3 Å². The molecule has 0 saturated carbocycles. The topological polar surface area (TPSA) is 27.7 Å². The van der Waals surface area contributed by atoms with Crippen LogP contribution < -0.4 is 5.32 Å². The fraction of sp³-hybridized carbons (Fsp3) is 0.667. The Balaban J connectivity index is 1.63. The third-order valence-electron chi connectivity index (χ3n) is 4.90. The molecule has 0 spiro atoms. The number of piperazine rings is 1. The highest BCUT2D eigenvalue weighted by Gasteiger charge is 2.23. The van der Waals surface area contributed by atoms with E-state index in [1.54, 1.807) is 0 Å². The van der Waals surface area contributed by atoms with Gasteiger partial charge in [-0.15, -0.1) is 0 Å². The number of nitrogens with one attached hydrogen (secondary N) is 1. The van der Waals surface area contributed by atoms with Crippen molar-refractivity contribution in [1.82, 2.24) is 15.1 Å². The van der Waals surface area contributed by atoms with E-state index in [9.17, 15) is 0 Å². The van der Waals surface area contributed by atoms with Crippen molar-refractivity contribution in [2.24, 2.45) is 0 Å². The molecule has 0 amide bonds. The van der Waals surface area contributed by atoms with Crippen LogP contribution in [0.3, 0.4) is 0 Å². The second-order valence-electron chi connectivity index (χ2n) is 6.62. The fourth-order valence-electron chi connectivity index (χ4n) is 3.38. The van der Waals surface area contributed by atoms with Crippen molar-refractivity contribution in [3.8, 4) is 0 Å². The lowest BCUT2D eigenvalue weighted by Crippen LogP contribution is -2.48. The highest BCUT2D eigenvalue weighted by molar-refractivity contribution is 5.19. The molecule has 1 unspecified atom stereocenters. The van der Waals surface area contributed by atoms with Crippen molar-refractivity contribution in [2.75, 3.05) is 53.0 Å². The van der Waals surface area contributed by atoms with Gasteiger partial charge in [0.2, 0.25) is 0 Å². The molecule has 3 rings (SSSR count). The van der Waals surface area contributed by atoms with E-state index in [4.69, 9.17) is 4.74 Å². The number of hydrogen-bond acceptors (Lipinski definition) is 4. The van der Waals surface area contributed by atoms with Crippen LogP contribution >= 0.6 is 0 Å². The SMILES string of the molecule is CN1CCN(CC(NC2CCOCC2)c2ccccc2)CC1. The minimum absolute atomic E-state index is 0.424. The second kappa shape index (κ2) is 8.06. The van der Waals surface area contributed by atoms with Crippen LogP contribution in [0.2, 0.25) is 0 Å². The van der Waals surface area contributed by atoms with Gasteiger partial charge in [0.15, 0.2) is 0 Å². The van der Waals surface area contributed by atoms with Gasteiger partial charge in [0.1, 0.15) is 0 Å². The molecule has 2 saturated heterocycles. The van der Waals surface area contributed by atoms with Crippen LogP contribution in [-0.4, -0.2) is 68.8 Å². The first kappa shape index (κ1) is 15.9.